The van der Waals surface area contributed by atoms with E-state index >= 15 is 0 Å². The Kier molecular flexibility index (Phi) is 4.48. The highest BCUT2D eigenvalue weighted by atomic mass is 32.2. The predicted octanol–water partition coefficient (Wildman–Crippen LogP) is 0.981. The molecule has 0 aliphatic heterocycles. The number of hydrogen-bond donors (Lipinski definition) is 2. The number of thiophene rings is 1. The lowest BCUT2D eigenvalue weighted by Crippen LogP contribution is -2.22. The van der Waals surface area contributed by atoms with Gasteiger partial charge >= 0.3 is 0 Å². The van der Waals surface area contributed by atoms with Crippen LogP contribution in [-0.4, -0.2) is 26.4 Å². The largest absolute Gasteiger partial charge is 0.347 e. The SMILES string of the molecule is CNS(=O)(=O)c1ccc(CNC(=O)c2cccnc2)s1. The summed E-state index contributed by atoms with van der Waals surface area (Å²) in [5.41, 5.74) is 0.465. The minimum atomic E-state index is -3.42. The molecule has 0 spiro atoms. The van der Waals surface area contributed by atoms with Gasteiger partial charge in [-0.1, -0.05) is 0 Å². The zero-order valence-electron chi connectivity index (χ0n) is 10.7. The van der Waals surface area contributed by atoms with Gasteiger partial charge < -0.3 is 5.32 Å². The van der Waals surface area contributed by atoms with E-state index in [1.165, 1.54) is 19.3 Å². The quantitative estimate of drug-likeness (QED) is 0.861. The van der Waals surface area contributed by atoms with Crippen molar-refractivity contribution < 1.29 is 13.2 Å². The van der Waals surface area contributed by atoms with Crippen LogP contribution in [0.2, 0.25) is 0 Å². The Labute approximate surface area is 120 Å². The third-order valence-electron chi connectivity index (χ3n) is 2.52. The van der Waals surface area contributed by atoms with E-state index in [-0.39, 0.29) is 16.7 Å². The zero-order chi connectivity index (χ0) is 14.6. The van der Waals surface area contributed by atoms with Crippen molar-refractivity contribution in [3.63, 3.8) is 0 Å². The third kappa shape index (κ3) is 3.41. The Morgan fingerprint density at radius 3 is 2.80 bits per heavy atom. The number of sulfonamides is 1. The maximum absolute atomic E-state index is 11.8. The number of carbonyl (C=O) groups excluding carboxylic acids is 1. The second-order valence-electron chi connectivity index (χ2n) is 3.85. The topological polar surface area (TPSA) is 88.2 Å². The zero-order valence-corrected chi connectivity index (χ0v) is 12.3. The fraction of sp³-hybridized carbons (Fsp3) is 0.167. The van der Waals surface area contributed by atoms with Gasteiger partial charge in [0.25, 0.3) is 5.91 Å². The van der Waals surface area contributed by atoms with E-state index in [1.54, 1.807) is 24.4 Å². The summed E-state index contributed by atoms with van der Waals surface area (Å²) in [6.45, 7) is 0.275. The number of nitrogens with one attached hydrogen (secondary N) is 2. The average molecular weight is 311 g/mol. The fourth-order valence-corrected chi connectivity index (χ4v) is 3.60. The van der Waals surface area contributed by atoms with Gasteiger partial charge in [-0.05, 0) is 31.3 Å². The van der Waals surface area contributed by atoms with E-state index in [4.69, 9.17) is 0 Å². The first-order valence-corrected chi connectivity index (χ1v) is 8.03. The van der Waals surface area contributed by atoms with Crippen LogP contribution in [0.5, 0.6) is 0 Å². The van der Waals surface area contributed by atoms with E-state index < -0.39 is 10.0 Å². The number of rotatable bonds is 5. The monoisotopic (exact) mass is 311 g/mol. The lowest BCUT2D eigenvalue weighted by Gasteiger charge is -2.02. The van der Waals surface area contributed by atoms with E-state index in [0.29, 0.717) is 5.56 Å². The second kappa shape index (κ2) is 6.12. The van der Waals surface area contributed by atoms with E-state index in [9.17, 15) is 13.2 Å². The summed E-state index contributed by atoms with van der Waals surface area (Å²) in [7, 11) is -2.06. The third-order valence-corrected chi connectivity index (χ3v) is 5.51. The normalized spacial score (nSPS) is 11.2. The van der Waals surface area contributed by atoms with Gasteiger partial charge in [0, 0.05) is 17.3 Å². The summed E-state index contributed by atoms with van der Waals surface area (Å²) >= 11 is 1.12. The average Bonchev–Trinajstić information content (AvgIpc) is 2.95. The minimum absolute atomic E-state index is 0.227. The lowest BCUT2D eigenvalue weighted by molar-refractivity contribution is 0.0951. The Hall–Kier alpha value is -1.77. The Bertz CT molecular complexity index is 696. The van der Waals surface area contributed by atoms with Crippen LogP contribution in [0.1, 0.15) is 15.2 Å². The maximum Gasteiger partial charge on any atom is 0.253 e. The van der Waals surface area contributed by atoms with Gasteiger partial charge in [-0.25, -0.2) is 13.1 Å². The molecule has 0 fully saturated rings. The van der Waals surface area contributed by atoms with Crippen LogP contribution < -0.4 is 10.0 Å². The summed E-state index contributed by atoms with van der Waals surface area (Å²) in [5, 5.41) is 2.71. The highest BCUT2D eigenvalue weighted by Gasteiger charge is 2.14. The molecule has 0 bridgehead atoms. The van der Waals surface area contributed by atoms with Crippen LogP contribution in [0.15, 0.2) is 40.9 Å². The fourth-order valence-electron chi connectivity index (χ4n) is 1.46. The first-order valence-electron chi connectivity index (χ1n) is 5.73. The van der Waals surface area contributed by atoms with Crippen molar-refractivity contribution in [1.82, 2.24) is 15.0 Å². The van der Waals surface area contributed by atoms with Crippen molar-refractivity contribution in [2.75, 3.05) is 7.05 Å². The summed E-state index contributed by atoms with van der Waals surface area (Å²) in [4.78, 5) is 16.4. The molecule has 2 N–H and O–H groups in total. The van der Waals surface area contributed by atoms with Gasteiger partial charge in [0.15, 0.2) is 0 Å². The lowest BCUT2D eigenvalue weighted by atomic mass is 10.3. The smallest absolute Gasteiger partial charge is 0.253 e. The molecule has 6 nitrogen and oxygen atoms in total. The number of pyridine rings is 1. The summed E-state index contributed by atoms with van der Waals surface area (Å²) in [5.74, 6) is -0.246. The summed E-state index contributed by atoms with van der Waals surface area (Å²) in [6.07, 6.45) is 3.06. The Morgan fingerprint density at radius 1 is 1.35 bits per heavy atom. The van der Waals surface area contributed by atoms with Crippen molar-refractivity contribution in [1.29, 1.82) is 0 Å². The molecule has 20 heavy (non-hydrogen) atoms. The Morgan fingerprint density at radius 2 is 2.15 bits per heavy atom. The standard InChI is InChI=1S/C12H13N3O3S2/c1-13-20(17,18)11-5-4-10(19-11)8-15-12(16)9-3-2-6-14-7-9/h2-7,13H,8H2,1H3,(H,15,16). The molecular formula is C12H13N3O3S2. The summed E-state index contributed by atoms with van der Waals surface area (Å²) in [6, 6.07) is 6.53. The maximum atomic E-state index is 11.8. The minimum Gasteiger partial charge on any atom is -0.347 e. The molecule has 0 unspecified atom stereocenters. The molecule has 1 amide bonds. The molecule has 0 atom stereocenters. The van der Waals surface area contributed by atoms with Crippen molar-refractivity contribution in [3.05, 3.63) is 47.1 Å². The van der Waals surface area contributed by atoms with Crippen molar-refractivity contribution in [3.8, 4) is 0 Å². The van der Waals surface area contributed by atoms with Crippen molar-refractivity contribution in [2.45, 2.75) is 10.8 Å². The van der Waals surface area contributed by atoms with Crippen LogP contribution >= 0.6 is 11.3 Å². The van der Waals surface area contributed by atoms with Crippen molar-refractivity contribution in [2.24, 2.45) is 0 Å². The Balaban J connectivity index is 2.00. The van der Waals surface area contributed by atoms with Gasteiger partial charge in [0.1, 0.15) is 4.21 Å². The van der Waals surface area contributed by atoms with Crippen LogP contribution in [0, 0.1) is 0 Å². The first kappa shape index (κ1) is 14.6. The first-order chi connectivity index (χ1) is 9.53. The van der Waals surface area contributed by atoms with Gasteiger partial charge in [-0.15, -0.1) is 11.3 Å². The number of aromatic nitrogens is 1. The number of carbonyl (C=O) groups is 1. The molecule has 0 aromatic carbocycles. The highest BCUT2D eigenvalue weighted by molar-refractivity contribution is 7.91. The van der Waals surface area contributed by atoms with Crippen LogP contribution in [0.4, 0.5) is 0 Å². The number of amides is 1. The van der Waals surface area contributed by atoms with E-state index in [2.05, 4.69) is 15.0 Å². The van der Waals surface area contributed by atoms with E-state index in [1.807, 2.05) is 0 Å². The molecular weight excluding hydrogens is 298 g/mol. The highest BCUT2D eigenvalue weighted by Crippen LogP contribution is 2.21. The molecule has 2 rings (SSSR count). The second-order valence-corrected chi connectivity index (χ2v) is 7.13. The molecule has 0 radical (unpaired) electrons. The summed E-state index contributed by atoms with van der Waals surface area (Å²) < 4.78 is 25.6. The van der Waals surface area contributed by atoms with Crippen molar-refractivity contribution >= 4 is 27.3 Å². The number of nitrogens with zero attached hydrogens (tertiary/aromatic N) is 1. The predicted molar refractivity (Wildman–Crippen MR) is 76.0 cm³/mol. The molecule has 2 heterocycles. The van der Waals surface area contributed by atoms with Crippen LogP contribution in [0.25, 0.3) is 0 Å². The van der Waals surface area contributed by atoms with Gasteiger partial charge in [0.05, 0.1) is 12.1 Å². The van der Waals surface area contributed by atoms with Gasteiger partial charge in [-0.2, -0.15) is 0 Å². The van der Waals surface area contributed by atoms with Crippen LogP contribution in [0.3, 0.4) is 0 Å². The molecule has 2 aromatic heterocycles. The molecule has 0 aliphatic rings. The van der Waals surface area contributed by atoms with Crippen LogP contribution in [-0.2, 0) is 16.6 Å². The molecule has 106 valence electrons. The molecule has 0 saturated carbocycles. The molecule has 0 aliphatic carbocycles. The van der Waals surface area contributed by atoms with Gasteiger partial charge in [0.2, 0.25) is 10.0 Å². The van der Waals surface area contributed by atoms with Gasteiger partial charge in [-0.3, -0.25) is 9.78 Å². The molecule has 2 aromatic rings. The number of hydrogen-bond acceptors (Lipinski definition) is 5. The van der Waals surface area contributed by atoms with E-state index in [0.717, 1.165) is 16.2 Å². The molecule has 0 saturated heterocycles. The molecule has 8 heteroatoms.